The Morgan fingerprint density at radius 3 is 2.23 bits per heavy atom. The topological polar surface area (TPSA) is 29.3 Å². The molecule has 0 saturated heterocycles. The van der Waals surface area contributed by atoms with Gasteiger partial charge in [0.25, 0.3) is 0 Å². The Labute approximate surface area is 82.5 Å². The second-order valence-electron chi connectivity index (χ2n) is 4.27. The maximum absolute atomic E-state index is 5.68. The Balaban J connectivity index is 2.22. The summed E-state index contributed by atoms with van der Waals surface area (Å²) in [7, 11) is 0. The van der Waals surface area contributed by atoms with Crippen molar-refractivity contribution in [3.05, 3.63) is 0 Å². The first-order valence-electron chi connectivity index (χ1n) is 5.72. The van der Waals surface area contributed by atoms with Gasteiger partial charge in [0.1, 0.15) is 0 Å². The lowest BCUT2D eigenvalue weighted by molar-refractivity contribution is 0.251. The number of hydrogen-bond acceptors (Lipinski definition) is 2. The molecule has 0 heterocycles. The number of hydrogen-bond donors (Lipinski definition) is 1. The average molecular weight is 184 g/mol. The van der Waals surface area contributed by atoms with Crippen molar-refractivity contribution in [3.63, 3.8) is 0 Å². The molecular weight excluding hydrogens is 160 g/mol. The zero-order chi connectivity index (χ0) is 9.68. The van der Waals surface area contributed by atoms with Gasteiger partial charge in [0, 0.05) is 6.54 Å². The van der Waals surface area contributed by atoms with E-state index in [9.17, 15) is 0 Å². The van der Waals surface area contributed by atoms with Gasteiger partial charge in [-0.1, -0.05) is 13.8 Å². The van der Waals surface area contributed by atoms with Gasteiger partial charge in [0.15, 0.2) is 0 Å². The van der Waals surface area contributed by atoms with Crippen LogP contribution in [0.15, 0.2) is 0 Å². The van der Waals surface area contributed by atoms with Crippen LogP contribution in [0.25, 0.3) is 0 Å². The highest BCUT2D eigenvalue weighted by Crippen LogP contribution is 2.30. The minimum absolute atomic E-state index is 0.820. The maximum atomic E-state index is 5.68. The molecule has 1 rings (SSSR count). The molecule has 0 aromatic rings. The molecule has 0 aromatic heterocycles. The first-order valence-corrected chi connectivity index (χ1v) is 5.72. The third-order valence-electron chi connectivity index (χ3n) is 3.39. The summed E-state index contributed by atoms with van der Waals surface area (Å²) in [6, 6.07) is 0. The molecule has 2 nitrogen and oxygen atoms in total. The molecule has 0 aliphatic heterocycles. The van der Waals surface area contributed by atoms with Crippen LogP contribution in [0.1, 0.15) is 33.1 Å². The molecule has 2 unspecified atom stereocenters. The Kier molecular flexibility index (Phi) is 4.74. The molecular formula is C11H24N2. The lowest BCUT2D eigenvalue weighted by atomic mass is 10.0. The molecule has 0 amide bonds. The van der Waals surface area contributed by atoms with Crippen molar-refractivity contribution in [2.75, 3.05) is 26.2 Å². The van der Waals surface area contributed by atoms with E-state index in [1.807, 2.05) is 0 Å². The standard InChI is InChI=1S/C11H24N2/c1-3-13(4-2)9-11-6-5-10(7-11)8-12/h10-11H,3-9,12H2,1-2H3. The molecule has 0 aromatic carbocycles. The molecule has 0 spiro atoms. The van der Waals surface area contributed by atoms with Crippen LogP contribution in [0.3, 0.4) is 0 Å². The molecule has 0 radical (unpaired) electrons. The van der Waals surface area contributed by atoms with Gasteiger partial charge in [-0.25, -0.2) is 0 Å². The second-order valence-corrected chi connectivity index (χ2v) is 4.27. The molecule has 2 heteroatoms. The molecule has 78 valence electrons. The zero-order valence-electron chi connectivity index (χ0n) is 9.13. The first-order chi connectivity index (χ1) is 6.30. The number of nitrogens with two attached hydrogens (primary N) is 1. The Morgan fingerprint density at radius 2 is 1.77 bits per heavy atom. The van der Waals surface area contributed by atoms with Gasteiger partial charge in [-0.15, -0.1) is 0 Å². The summed E-state index contributed by atoms with van der Waals surface area (Å²) in [6.45, 7) is 9.08. The minimum Gasteiger partial charge on any atom is -0.330 e. The SMILES string of the molecule is CCN(CC)CC1CCC(CN)C1. The van der Waals surface area contributed by atoms with E-state index in [1.54, 1.807) is 0 Å². The van der Waals surface area contributed by atoms with Crippen molar-refractivity contribution in [2.45, 2.75) is 33.1 Å². The van der Waals surface area contributed by atoms with Crippen molar-refractivity contribution >= 4 is 0 Å². The molecule has 1 aliphatic rings. The molecule has 2 atom stereocenters. The summed E-state index contributed by atoms with van der Waals surface area (Å²) in [5.41, 5.74) is 5.68. The second kappa shape index (κ2) is 5.61. The molecule has 0 bridgehead atoms. The third kappa shape index (κ3) is 3.28. The minimum atomic E-state index is 0.820. The quantitative estimate of drug-likeness (QED) is 0.704. The van der Waals surface area contributed by atoms with Crippen molar-refractivity contribution in [1.29, 1.82) is 0 Å². The van der Waals surface area contributed by atoms with E-state index in [1.165, 1.54) is 38.9 Å². The van der Waals surface area contributed by atoms with E-state index < -0.39 is 0 Å². The van der Waals surface area contributed by atoms with Crippen molar-refractivity contribution in [2.24, 2.45) is 17.6 Å². The third-order valence-corrected chi connectivity index (χ3v) is 3.39. The number of nitrogens with zero attached hydrogens (tertiary/aromatic N) is 1. The summed E-state index contributed by atoms with van der Waals surface area (Å²) < 4.78 is 0. The summed E-state index contributed by atoms with van der Waals surface area (Å²) in [4.78, 5) is 2.53. The molecule has 1 saturated carbocycles. The van der Waals surface area contributed by atoms with E-state index >= 15 is 0 Å². The fraction of sp³-hybridized carbons (Fsp3) is 1.00. The van der Waals surface area contributed by atoms with Gasteiger partial charge in [0.05, 0.1) is 0 Å². The zero-order valence-corrected chi connectivity index (χ0v) is 9.13. The van der Waals surface area contributed by atoms with Gasteiger partial charge in [-0.3, -0.25) is 0 Å². The first kappa shape index (κ1) is 11.0. The van der Waals surface area contributed by atoms with E-state index in [-0.39, 0.29) is 0 Å². The van der Waals surface area contributed by atoms with Crippen molar-refractivity contribution in [3.8, 4) is 0 Å². The fourth-order valence-electron chi connectivity index (χ4n) is 2.41. The lowest BCUT2D eigenvalue weighted by Crippen LogP contribution is -2.28. The van der Waals surface area contributed by atoms with Gasteiger partial charge < -0.3 is 10.6 Å². The monoisotopic (exact) mass is 184 g/mol. The Hall–Kier alpha value is -0.0800. The van der Waals surface area contributed by atoms with E-state index in [0.717, 1.165) is 18.4 Å². The maximum Gasteiger partial charge on any atom is 0.000954 e. The summed E-state index contributed by atoms with van der Waals surface area (Å²) in [5.74, 6) is 1.74. The molecule has 1 fully saturated rings. The van der Waals surface area contributed by atoms with Crippen LogP contribution < -0.4 is 5.73 Å². The highest BCUT2D eigenvalue weighted by atomic mass is 15.1. The lowest BCUT2D eigenvalue weighted by Gasteiger charge is -2.22. The van der Waals surface area contributed by atoms with E-state index in [0.29, 0.717) is 0 Å². The predicted octanol–water partition coefficient (Wildman–Crippen LogP) is 1.70. The Bertz CT molecular complexity index is 132. The van der Waals surface area contributed by atoms with E-state index in [4.69, 9.17) is 5.73 Å². The summed E-state index contributed by atoms with van der Waals surface area (Å²) in [5, 5.41) is 0. The fourth-order valence-corrected chi connectivity index (χ4v) is 2.41. The Morgan fingerprint density at radius 1 is 1.15 bits per heavy atom. The van der Waals surface area contributed by atoms with E-state index in [2.05, 4.69) is 18.7 Å². The molecule has 2 N–H and O–H groups in total. The van der Waals surface area contributed by atoms with Gasteiger partial charge in [-0.2, -0.15) is 0 Å². The highest BCUT2D eigenvalue weighted by molar-refractivity contribution is 4.78. The normalized spacial score (nSPS) is 28.6. The summed E-state index contributed by atoms with van der Waals surface area (Å²) >= 11 is 0. The van der Waals surface area contributed by atoms with Crippen molar-refractivity contribution in [1.82, 2.24) is 4.90 Å². The molecule has 13 heavy (non-hydrogen) atoms. The largest absolute Gasteiger partial charge is 0.330 e. The number of rotatable bonds is 5. The van der Waals surface area contributed by atoms with Crippen LogP contribution in [0.5, 0.6) is 0 Å². The van der Waals surface area contributed by atoms with Gasteiger partial charge in [-0.05, 0) is 50.7 Å². The van der Waals surface area contributed by atoms with Gasteiger partial charge >= 0.3 is 0 Å². The van der Waals surface area contributed by atoms with Crippen LogP contribution >= 0.6 is 0 Å². The summed E-state index contributed by atoms with van der Waals surface area (Å²) in [6.07, 6.45) is 4.13. The highest BCUT2D eigenvalue weighted by Gasteiger charge is 2.24. The molecule has 1 aliphatic carbocycles. The van der Waals surface area contributed by atoms with Crippen molar-refractivity contribution < 1.29 is 0 Å². The predicted molar refractivity (Wildman–Crippen MR) is 57.7 cm³/mol. The van der Waals surface area contributed by atoms with Gasteiger partial charge in [0.2, 0.25) is 0 Å². The smallest absolute Gasteiger partial charge is 0.000954 e. The van der Waals surface area contributed by atoms with Crippen LogP contribution in [0.2, 0.25) is 0 Å². The van der Waals surface area contributed by atoms with Crippen LogP contribution in [-0.4, -0.2) is 31.1 Å². The van der Waals surface area contributed by atoms with Crippen LogP contribution in [0.4, 0.5) is 0 Å². The van der Waals surface area contributed by atoms with Crippen LogP contribution in [-0.2, 0) is 0 Å². The van der Waals surface area contributed by atoms with Crippen LogP contribution in [0, 0.1) is 11.8 Å². The average Bonchev–Trinajstić information content (AvgIpc) is 2.61.